The molecule has 1 heterocycles. The van der Waals surface area contributed by atoms with E-state index in [2.05, 4.69) is 24.1 Å². The molecule has 1 unspecified atom stereocenters. The third kappa shape index (κ3) is 8.97. The third-order valence-corrected chi connectivity index (χ3v) is 4.54. The van der Waals surface area contributed by atoms with Crippen molar-refractivity contribution in [1.82, 2.24) is 10.2 Å². The maximum absolute atomic E-state index is 3.59. The molecule has 1 rings (SSSR count). The number of piperidine rings is 1. The van der Waals surface area contributed by atoms with Crippen molar-refractivity contribution in [3.63, 3.8) is 0 Å². The second-order valence-corrected chi connectivity index (χ2v) is 6.63. The molecule has 120 valence electrons. The first-order chi connectivity index (χ1) is 9.86. The van der Waals surface area contributed by atoms with Gasteiger partial charge in [-0.3, -0.25) is 0 Å². The zero-order valence-electron chi connectivity index (χ0n) is 14.1. The van der Waals surface area contributed by atoms with E-state index in [0.29, 0.717) is 0 Å². The minimum Gasteiger partial charge on any atom is -0.316 e. The van der Waals surface area contributed by atoms with Crippen LogP contribution in [0.5, 0.6) is 0 Å². The Kier molecular flexibility index (Phi) is 11.4. The minimum atomic E-state index is 0.903. The SMILES string of the molecule is CCCCCCCCCN1CCCC(CNCCC)C1. The fourth-order valence-electron chi connectivity index (χ4n) is 3.30. The highest BCUT2D eigenvalue weighted by molar-refractivity contribution is 4.74. The Morgan fingerprint density at radius 3 is 2.45 bits per heavy atom. The van der Waals surface area contributed by atoms with Crippen LogP contribution in [-0.2, 0) is 0 Å². The van der Waals surface area contributed by atoms with Gasteiger partial charge in [-0.1, -0.05) is 52.4 Å². The molecule has 0 saturated carbocycles. The molecule has 2 nitrogen and oxygen atoms in total. The summed E-state index contributed by atoms with van der Waals surface area (Å²) in [6.07, 6.45) is 14.1. The first-order valence-electron chi connectivity index (χ1n) is 9.29. The van der Waals surface area contributed by atoms with Gasteiger partial charge in [0.05, 0.1) is 0 Å². The highest BCUT2D eigenvalue weighted by Gasteiger charge is 2.18. The summed E-state index contributed by atoms with van der Waals surface area (Å²) >= 11 is 0. The Morgan fingerprint density at radius 1 is 0.950 bits per heavy atom. The molecule has 1 aliphatic heterocycles. The lowest BCUT2D eigenvalue weighted by molar-refractivity contribution is 0.169. The van der Waals surface area contributed by atoms with Crippen LogP contribution in [0.1, 0.15) is 78.1 Å². The van der Waals surface area contributed by atoms with Crippen LogP contribution in [-0.4, -0.2) is 37.6 Å². The van der Waals surface area contributed by atoms with Crippen LogP contribution >= 0.6 is 0 Å². The summed E-state index contributed by atoms with van der Waals surface area (Å²) in [5.41, 5.74) is 0. The second kappa shape index (κ2) is 12.6. The van der Waals surface area contributed by atoms with E-state index in [9.17, 15) is 0 Å². The molecular weight excluding hydrogens is 244 g/mol. The quantitative estimate of drug-likeness (QED) is 0.532. The Bertz CT molecular complexity index is 206. The highest BCUT2D eigenvalue weighted by atomic mass is 15.1. The lowest BCUT2D eigenvalue weighted by Crippen LogP contribution is -2.40. The van der Waals surface area contributed by atoms with Crippen LogP contribution in [0.25, 0.3) is 0 Å². The summed E-state index contributed by atoms with van der Waals surface area (Å²) in [5.74, 6) is 0.903. The zero-order valence-corrected chi connectivity index (χ0v) is 14.1. The van der Waals surface area contributed by atoms with Gasteiger partial charge in [0.1, 0.15) is 0 Å². The van der Waals surface area contributed by atoms with Gasteiger partial charge in [0.15, 0.2) is 0 Å². The topological polar surface area (TPSA) is 15.3 Å². The van der Waals surface area contributed by atoms with Crippen molar-refractivity contribution in [2.45, 2.75) is 78.1 Å². The average molecular weight is 283 g/mol. The van der Waals surface area contributed by atoms with Gasteiger partial charge in [-0.25, -0.2) is 0 Å². The number of nitrogens with one attached hydrogen (secondary N) is 1. The van der Waals surface area contributed by atoms with E-state index in [1.165, 1.54) is 96.9 Å². The molecule has 1 fully saturated rings. The van der Waals surface area contributed by atoms with Crippen molar-refractivity contribution in [3.05, 3.63) is 0 Å². The van der Waals surface area contributed by atoms with Gasteiger partial charge >= 0.3 is 0 Å². The number of hydrogen-bond acceptors (Lipinski definition) is 2. The maximum atomic E-state index is 3.59. The van der Waals surface area contributed by atoms with E-state index < -0.39 is 0 Å². The van der Waals surface area contributed by atoms with Crippen LogP contribution in [0.15, 0.2) is 0 Å². The van der Waals surface area contributed by atoms with Crippen molar-refractivity contribution >= 4 is 0 Å². The molecule has 1 saturated heterocycles. The molecule has 0 aromatic rings. The first kappa shape index (κ1) is 18.0. The minimum absolute atomic E-state index is 0.903. The molecular formula is C18H38N2. The number of rotatable bonds is 12. The number of hydrogen-bond donors (Lipinski definition) is 1. The van der Waals surface area contributed by atoms with Gasteiger partial charge in [0, 0.05) is 6.54 Å². The Hall–Kier alpha value is -0.0800. The Balaban J connectivity index is 1.97. The molecule has 0 amide bonds. The maximum Gasteiger partial charge on any atom is 0.00218 e. The Morgan fingerprint density at radius 2 is 1.70 bits per heavy atom. The second-order valence-electron chi connectivity index (χ2n) is 6.63. The van der Waals surface area contributed by atoms with Gasteiger partial charge in [0.2, 0.25) is 0 Å². The molecule has 20 heavy (non-hydrogen) atoms. The number of nitrogens with zero attached hydrogens (tertiary/aromatic N) is 1. The van der Waals surface area contributed by atoms with Crippen LogP contribution in [0.3, 0.4) is 0 Å². The summed E-state index contributed by atoms with van der Waals surface area (Å²) < 4.78 is 0. The van der Waals surface area contributed by atoms with Crippen LogP contribution < -0.4 is 5.32 Å². The average Bonchev–Trinajstić information content (AvgIpc) is 2.47. The summed E-state index contributed by atoms with van der Waals surface area (Å²) in [7, 11) is 0. The summed E-state index contributed by atoms with van der Waals surface area (Å²) in [6, 6.07) is 0. The lowest BCUT2D eigenvalue weighted by Gasteiger charge is -2.32. The molecule has 1 aliphatic rings. The molecule has 0 radical (unpaired) electrons. The normalized spacial score (nSPS) is 20.4. The van der Waals surface area contributed by atoms with Crippen molar-refractivity contribution < 1.29 is 0 Å². The van der Waals surface area contributed by atoms with E-state index in [1.54, 1.807) is 0 Å². The monoisotopic (exact) mass is 282 g/mol. The molecule has 2 heteroatoms. The predicted octanol–water partition coefficient (Wildman–Crippen LogP) is 4.45. The standard InChI is InChI=1S/C18H38N2/c1-3-5-6-7-8-9-10-14-20-15-11-12-18(17-20)16-19-13-4-2/h18-19H,3-17H2,1-2H3. The predicted molar refractivity (Wildman–Crippen MR) is 90.3 cm³/mol. The third-order valence-electron chi connectivity index (χ3n) is 4.54. The van der Waals surface area contributed by atoms with E-state index in [-0.39, 0.29) is 0 Å². The fourth-order valence-corrected chi connectivity index (χ4v) is 3.30. The molecule has 0 aromatic carbocycles. The summed E-state index contributed by atoms with van der Waals surface area (Å²) in [4.78, 5) is 2.72. The smallest absolute Gasteiger partial charge is 0.00218 e. The van der Waals surface area contributed by atoms with Crippen molar-refractivity contribution in [1.29, 1.82) is 0 Å². The Labute approximate surface area is 127 Å². The van der Waals surface area contributed by atoms with Gasteiger partial charge in [-0.15, -0.1) is 0 Å². The van der Waals surface area contributed by atoms with E-state index in [0.717, 1.165) is 5.92 Å². The van der Waals surface area contributed by atoms with Crippen LogP contribution in [0.4, 0.5) is 0 Å². The highest BCUT2D eigenvalue weighted by Crippen LogP contribution is 2.16. The molecule has 0 bridgehead atoms. The van der Waals surface area contributed by atoms with E-state index >= 15 is 0 Å². The zero-order chi connectivity index (χ0) is 14.5. The van der Waals surface area contributed by atoms with Crippen LogP contribution in [0.2, 0.25) is 0 Å². The van der Waals surface area contributed by atoms with Crippen molar-refractivity contribution in [2.75, 3.05) is 32.7 Å². The molecule has 0 spiro atoms. The van der Waals surface area contributed by atoms with Crippen molar-refractivity contribution in [3.8, 4) is 0 Å². The van der Waals surface area contributed by atoms with Gasteiger partial charge < -0.3 is 10.2 Å². The van der Waals surface area contributed by atoms with Crippen molar-refractivity contribution in [2.24, 2.45) is 5.92 Å². The molecule has 0 aliphatic carbocycles. The molecule has 1 atom stereocenters. The van der Waals surface area contributed by atoms with Gasteiger partial charge in [-0.2, -0.15) is 0 Å². The van der Waals surface area contributed by atoms with E-state index in [4.69, 9.17) is 0 Å². The first-order valence-corrected chi connectivity index (χ1v) is 9.29. The number of likely N-dealkylation sites (tertiary alicyclic amines) is 1. The fraction of sp³-hybridized carbons (Fsp3) is 1.00. The largest absolute Gasteiger partial charge is 0.316 e. The summed E-state index contributed by atoms with van der Waals surface area (Å²) in [6.45, 7) is 11.0. The number of unbranched alkanes of at least 4 members (excludes halogenated alkanes) is 6. The molecule has 1 N–H and O–H groups in total. The molecule has 0 aromatic heterocycles. The summed E-state index contributed by atoms with van der Waals surface area (Å²) in [5, 5.41) is 3.59. The van der Waals surface area contributed by atoms with Gasteiger partial charge in [0.25, 0.3) is 0 Å². The van der Waals surface area contributed by atoms with E-state index in [1.807, 2.05) is 0 Å². The van der Waals surface area contributed by atoms with Crippen LogP contribution in [0, 0.1) is 5.92 Å². The lowest BCUT2D eigenvalue weighted by atomic mass is 9.97. The van der Waals surface area contributed by atoms with Gasteiger partial charge in [-0.05, 0) is 57.8 Å².